The van der Waals surface area contributed by atoms with Crippen molar-refractivity contribution in [1.82, 2.24) is 25.1 Å². The summed E-state index contributed by atoms with van der Waals surface area (Å²) in [5, 5.41) is 9.99. The van der Waals surface area contributed by atoms with Gasteiger partial charge in [-0.15, -0.1) is 0 Å². The average molecular weight is 389 g/mol. The fourth-order valence-corrected chi connectivity index (χ4v) is 4.20. The minimum Gasteiger partial charge on any atom is -0.353 e. The number of hydrogen-bond donors (Lipinski definition) is 2. The molecule has 144 valence electrons. The predicted octanol–water partition coefficient (Wildman–Crippen LogP) is 5.82. The van der Waals surface area contributed by atoms with Crippen LogP contribution in [0.5, 0.6) is 0 Å². The zero-order valence-electron chi connectivity index (χ0n) is 16.5. The average Bonchev–Trinajstić information content (AvgIpc) is 3.51. The number of aromatic nitrogens is 5. The van der Waals surface area contributed by atoms with E-state index in [1.54, 1.807) is 0 Å². The van der Waals surface area contributed by atoms with Crippen LogP contribution in [-0.4, -0.2) is 25.1 Å². The summed E-state index contributed by atoms with van der Waals surface area (Å²) < 4.78 is 0. The predicted molar refractivity (Wildman–Crippen MR) is 121 cm³/mol. The molecule has 30 heavy (non-hydrogen) atoms. The first-order valence-electron chi connectivity index (χ1n) is 10.0. The molecule has 0 unspecified atom stereocenters. The first kappa shape index (κ1) is 16.9. The van der Waals surface area contributed by atoms with Gasteiger partial charge in [-0.25, -0.2) is 0 Å². The van der Waals surface area contributed by atoms with Crippen LogP contribution < -0.4 is 0 Å². The van der Waals surface area contributed by atoms with Crippen molar-refractivity contribution in [3.63, 3.8) is 0 Å². The number of aryl methyl sites for hydroxylation is 1. The quantitative estimate of drug-likeness (QED) is 0.408. The van der Waals surface area contributed by atoms with E-state index in [-0.39, 0.29) is 0 Å². The lowest BCUT2D eigenvalue weighted by Gasteiger charge is -2.05. The number of aromatic amines is 2. The van der Waals surface area contributed by atoms with E-state index >= 15 is 0 Å². The van der Waals surface area contributed by atoms with Gasteiger partial charge in [0, 0.05) is 40.4 Å². The summed E-state index contributed by atoms with van der Waals surface area (Å²) in [6.45, 7) is 2.11. The Balaban J connectivity index is 1.52. The Morgan fingerprint density at radius 2 is 1.87 bits per heavy atom. The lowest BCUT2D eigenvalue weighted by atomic mass is 10.0. The molecule has 0 bridgehead atoms. The van der Waals surface area contributed by atoms with Crippen LogP contribution in [0.3, 0.4) is 0 Å². The van der Waals surface area contributed by atoms with Gasteiger partial charge in [0.1, 0.15) is 5.69 Å². The summed E-state index contributed by atoms with van der Waals surface area (Å²) in [4.78, 5) is 12.5. The molecule has 4 heterocycles. The van der Waals surface area contributed by atoms with Crippen LogP contribution in [-0.2, 0) is 0 Å². The molecule has 5 aromatic rings. The molecule has 0 saturated heterocycles. The monoisotopic (exact) mass is 389 g/mol. The Kier molecular flexibility index (Phi) is 3.68. The van der Waals surface area contributed by atoms with Gasteiger partial charge in [-0.05, 0) is 60.4 Å². The maximum Gasteiger partial charge on any atom is 0.116 e. The van der Waals surface area contributed by atoms with Crippen molar-refractivity contribution in [2.75, 3.05) is 0 Å². The molecule has 0 atom stereocenters. The molecule has 4 aromatic heterocycles. The van der Waals surface area contributed by atoms with E-state index in [9.17, 15) is 0 Å². The maximum atomic E-state index is 4.63. The molecule has 0 saturated carbocycles. The molecule has 0 radical (unpaired) electrons. The van der Waals surface area contributed by atoms with Gasteiger partial charge in [-0.1, -0.05) is 24.3 Å². The van der Waals surface area contributed by atoms with Gasteiger partial charge in [0.05, 0.1) is 16.9 Å². The Bertz CT molecular complexity index is 1480. The van der Waals surface area contributed by atoms with E-state index in [4.69, 9.17) is 0 Å². The smallest absolute Gasteiger partial charge is 0.116 e. The van der Waals surface area contributed by atoms with Gasteiger partial charge in [-0.3, -0.25) is 15.1 Å². The Labute approximate surface area is 173 Å². The highest BCUT2D eigenvalue weighted by molar-refractivity contribution is 6.00. The van der Waals surface area contributed by atoms with E-state index in [2.05, 4.69) is 74.6 Å². The van der Waals surface area contributed by atoms with E-state index in [0.717, 1.165) is 56.4 Å². The Morgan fingerprint density at radius 3 is 2.73 bits per heavy atom. The topological polar surface area (TPSA) is 70.2 Å². The molecule has 5 nitrogen and oxygen atoms in total. The SMILES string of the molecule is Cc1ccncc1-c1ccc2[nH]nc(-c3cc4c(C5=CCC=C5)nccc4[nH]3)c2c1. The number of allylic oxidation sites excluding steroid dienone is 4. The van der Waals surface area contributed by atoms with Crippen LogP contribution in [0.2, 0.25) is 0 Å². The number of rotatable bonds is 3. The molecule has 1 aliphatic carbocycles. The van der Waals surface area contributed by atoms with E-state index < -0.39 is 0 Å². The van der Waals surface area contributed by atoms with Crippen molar-refractivity contribution in [3.8, 4) is 22.5 Å². The van der Waals surface area contributed by atoms with Gasteiger partial charge in [0.2, 0.25) is 0 Å². The van der Waals surface area contributed by atoms with E-state index in [1.807, 2.05) is 30.7 Å². The third-order valence-corrected chi connectivity index (χ3v) is 5.76. The number of fused-ring (bicyclic) bond motifs is 2. The van der Waals surface area contributed by atoms with Crippen LogP contribution in [0.25, 0.3) is 49.9 Å². The van der Waals surface area contributed by atoms with Crippen LogP contribution in [0.15, 0.2) is 73.2 Å². The molecule has 0 amide bonds. The highest BCUT2D eigenvalue weighted by Crippen LogP contribution is 2.34. The molecule has 2 N–H and O–H groups in total. The number of H-pyrrole nitrogens is 2. The lowest BCUT2D eigenvalue weighted by Crippen LogP contribution is -1.85. The highest BCUT2D eigenvalue weighted by Gasteiger charge is 2.16. The standard InChI is InChI=1S/C25H19N5/c1-15-8-10-26-14-20(15)17-6-7-22-18(12-17)25(30-29-22)23-13-19-21(28-23)9-11-27-24(19)16-4-2-3-5-16/h2,4-14,28H,3H2,1H3,(H,29,30). The maximum absolute atomic E-state index is 4.63. The third-order valence-electron chi connectivity index (χ3n) is 5.76. The van der Waals surface area contributed by atoms with Gasteiger partial charge in [-0.2, -0.15) is 5.10 Å². The lowest BCUT2D eigenvalue weighted by molar-refractivity contribution is 1.12. The van der Waals surface area contributed by atoms with Crippen LogP contribution in [0.1, 0.15) is 17.7 Å². The van der Waals surface area contributed by atoms with E-state index in [1.165, 1.54) is 11.1 Å². The summed E-state index contributed by atoms with van der Waals surface area (Å²) in [5.41, 5.74) is 9.61. The zero-order chi connectivity index (χ0) is 20.1. The van der Waals surface area contributed by atoms with Crippen LogP contribution in [0, 0.1) is 6.92 Å². The first-order valence-corrected chi connectivity index (χ1v) is 10.0. The summed E-state index contributed by atoms with van der Waals surface area (Å²) in [5.74, 6) is 0. The normalized spacial score (nSPS) is 13.4. The van der Waals surface area contributed by atoms with Crippen LogP contribution >= 0.6 is 0 Å². The number of benzene rings is 1. The van der Waals surface area contributed by atoms with Crippen LogP contribution in [0.4, 0.5) is 0 Å². The zero-order valence-corrected chi connectivity index (χ0v) is 16.5. The Morgan fingerprint density at radius 1 is 0.933 bits per heavy atom. The molecule has 1 aromatic carbocycles. The molecular formula is C25H19N5. The Hall–Kier alpha value is -3.99. The second kappa shape index (κ2) is 6.52. The molecular weight excluding hydrogens is 370 g/mol. The third kappa shape index (κ3) is 2.59. The molecule has 6 rings (SSSR count). The minimum absolute atomic E-state index is 0.909. The summed E-state index contributed by atoms with van der Waals surface area (Å²) >= 11 is 0. The number of nitrogens with one attached hydrogen (secondary N) is 2. The number of nitrogens with zero attached hydrogens (tertiary/aromatic N) is 3. The van der Waals surface area contributed by atoms with Crippen molar-refractivity contribution in [2.24, 2.45) is 0 Å². The summed E-state index contributed by atoms with van der Waals surface area (Å²) in [7, 11) is 0. The second-order valence-corrected chi connectivity index (χ2v) is 7.62. The molecule has 0 aliphatic heterocycles. The second-order valence-electron chi connectivity index (χ2n) is 7.62. The van der Waals surface area contributed by atoms with Crippen molar-refractivity contribution in [2.45, 2.75) is 13.3 Å². The van der Waals surface area contributed by atoms with Gasteiger partial charge < -0.3 is 4.98 Å². The van der Waals surface area contributed by atoms with Crippen molar-refractivity contribution in [1.29, 1.82) is 0 Å². The molecule has 0 fully saturated rings. The number of hydrogen-bond acceptors (Lipinski definition) is 3. The van der Waals surface area contributed by atoms with Crippen molar-refractivity contribution < 1.29 is 0 Å². The minimum atomic E-state index is 0.909. The first-order chi connectivity index (χ1) is 14.8. The number of pyridine rings is 2. The molecule has 1 aliphatic rings. The molecule has 5 heteroatoms. The largest absolute Gasteiger partial charge is 0.353 e. The summed E-state index contributed by atoms with van der Waals surface area (Å²) in [6, 6.07) is 12.6. The van der Waals surface area contributed by atoms with Gasteiger partial charge in [0.15, 0.2) is 0 Å². The molecule has 0 spiro atoms. The fraction of sp³-hybridized carbons (Fsp3) is 0.0800. The van der Waals surface area contributed by atoms with Gasteiger partial charge >= 0.3 is 0 Å². The summed E-state index contributed by atoms with van der Waals surface area (Å²) in [6.07, 6.45) is 13.1. The van der Waals surface area contributed by atoms with E-state index in [0.29, 0.717) is 0 Å². The van der Waals surface area contributed by atoms with Crippen molar-refractivity contribution >= 4 is 27.4 Å². The van der Waals surface area contributed by atoms with Crippen molar-refractivity contribution in [3.05, 3.63) is 84.5 Å². The fourth-order valence-electron chi connectivity index (χ4n) is 4.20. The van der Waals surface area contributed by atoms with Gasteiger partial charge in [0.25, 0.3) is 0 Å². The highest BCUT2D eigenvalue weighted by atomic mass is 15.1.